The molecule has 1 atom stereocenters. The third-order valence-electron chi connectivity index (χ3n) is 3.77. The van der Waals surface area contributed by atoms with Crippen molar-refractivity contribution in [1.82, 2.24) is 4.90 Å². The van der Waals surface area contributed by atoms with Gasteiger partial charge < -0.3 is 9.64 Å². The van der Waals surface area contributed by atoms with Crippen LogP contribution in [0, 0.1) is 10.1 Å². The van der Waals surface area contributed by atoms with E-state index < -0.39 is 20.8 Å². The van der Waals surface area contributed by atoms with E-state index in [2.05, 4.69) is 0 Å². The Bertz CT molecular complexity index is 686. The van der Waals surface area contributed by atoms with Crippen LogP contribution in [0.15, 0.2) is 24.3 Å². The second-order valence-corrected chi connectivity index (χ2v) is 7.58. The Balaban J connectivity index is 2.20. The number of nitro groups is 1. The fourth-order valence-electron chi connectivity index (χ4n) is 2.55. The summed E-state index contributed by atoms with van der Waals surface area (Å²) in [4.78, 5) is 24.2. The Labute approximate surface area is 134 Å². The molecule has 1 unspecified atom stereocenters. The number of benzene rings is 1. The molecule has 2 rings (SSSR count). The first kappa shape index (κ1) is 17.4. The van der Waals surface area contributed by atoms with Crippen molar-refractivity contribution in [3.05, 3.63) is 39.9 Å². The number of nitrogens with zero attached hydrogens (tertiary/aromatic N) is 2. The van der Waals surface area contributed by atoms with Crippen molar-refractivity contribution in [1.29, 1.82) is 0 Å². The molecular formula is C14H18N2O6S. The van der Waals surface area contributed by atoms with E-state index in [0.717, 1.165) is 0 Å². The third-order valence-corrected chi connectivity index (χ3v) is 5.52. The maximum Gasteiger partial charge on any atom is 0.269 e. The van der Waals surface area contributed by atoms with Crippen LogP contribution >= 0.6 is 0 Å². The number of carbonyl (C=O) groups excluding carboxylic acids is 1. The molecule has 0 N–H and O–H groups in total. The molecule has 1 aromatic carbocycles. The van der Waals surface area contributed by atoms with Crippen LogP contribution in [0.4, 0.5) is 5.69 Å². The maximum absolute atomic E-state index is 12.6. The maximum atomic E-state index is 12.6. The summed E-state index contributed by atoms with van der Waals surface area (Å²) in [6.45, 7) is 0.557. The van der Waals surface area contributed by atoms with Gasteiger partial charge in [0, 0.05) is 37.4 Å². The molecule has 0 spiro atoms. The van der Waals surface area contributed by atoms with E-state index in [-0.39, 0.29) is 41.8 Å². The van der Waals surface area contributed by atoms with E-state index in [1.807, 2.05) is 0 Å². The number of carbonyl (C=O) groups is 1. The van der Waals surface area contributed by atoms with Gasteiger partial charge in [0.05, 0.1) is 23.0 Å². The second kappa shape index (κ2) is 7.05. The molecule has 0 bridgehead atoms. The number of sulfone groups is 1. The van der Waals surface area contributed by atoms with Crippen molar-refractivity contribution in [3.8, 4) is 0 Å². The fourth-order valence-corrected chi connectivity index (χ4v) is 4.28. The molecule has 9 heteroatoms. The van der Waals surface area contributed by atoms with Crippen LogP contribution in [0.2, 0.25) is 0 Å². The summed E-state index contributed by atoms with van der Waals surface area (Å²) in [6, 6.07) is 4.88. The van der Waals surface area contributed by atoms with Gasteiger partial charge in [0.15, 0.2) is 9.84 Å². The first-order valence-electron chi connectivity index (χ1n) is 7.09. The van der Waals surface area contributed by atoms with Gasteiger partial charge in [-0.15, -0.1) is 0 Å². The van der Waals surface area contributed by atoms with Crippen molar-refractivity contribution in [2.45, 2.75) is 12.5 Å². The van der Waals surface area contributed by atoms with Crippen LogP contribution < -0.4 is 0 Å². The first-order chi connectivity index (χ1) is 10.8. The van der Waals surface area contributed by atoms with Gasteiger partial charge >= 0.3 is 0 Å². The van der Waals surface area contributed by atoms with E-state index in [9.17, 15) is 23.3 Å². The van der Waals surface area contributed by atoms with Gasteiger partial charge in [-0.3, -0.25) is 14.9 Å². The molecular weight excluding hydrogens is 324 g/mol. The molecule has 1 amide bonds. The zero-order valence-corrected chi connectivity index (χ0v) is 13.5. The largest absolute Gasteiger partial charge is 0.383 e. The molecule has 1 saturated heterocycles. The first-order valence-corrected chi connectivity index (χ1v) is 8.91. The summed E-state index contributed by atoms with van der Waals surface area (Å²) in [5, 5.41) is 10.7. The Hall–Kier alpha value is -2.00. The van der Waals surface area contributed by atoms with Crippen molar-refractivity contribution in [2.75, 3.05) is 31.8 Å². The lowest BCUT2D eigenvalue weighted by Gasteiger charge is -2.28. The molecule has 126 valence electrons. The highest BCUT2D eigenvalue weighted by atomic mass is 32.2. The number of hydrogen-bond donors (Lipinski definition) is 0. The summed E-state index contributed by atoms with van der Waals surface area (Å²) >= 11 is 0. The summed E-state index contributed by atoms with van der Waals surface area (Å²) < 4.78 is 28.3. The van der Waals surface area contributed by atoms with Gasteiger partial charge in [-0.25, -0.2) is 8.42 Å². The van der Waals surface area contributed by atoms with Crippen LogP contribution in [0.25, 0.3) is 0 Å². The van der Waals surface area contributed by atoms with E-state index >= 15 is 0 Å². The molecule has 1 aliphatic rings. The average molecular weight is 342 g/mol. The van der Waals surface area contributed by atoms with Crippen molar-refractivity contribution in [3.63, 3.8) is 0 Å². The van der Waals surface area contributed by atoms with E-state index in [4.69, 9.17) is 4.74 Å². The van der Waals surface area contributed by atoms with Crippen LogP contribution in [0.5, 0.6) is 0 Å². The molecule has 0 aromatic heterocycles. The topological polar surface area (TPSA) is 107 Å². The molecule has 0 radical (unpaired) electrons. The van der Waals surface area contributed by atoms with Crippen LogP contribution in [0.3, 0.4) is 0 Å². The summed E-state index contributed by atoms with van der Waals surface area (Å²) in [7, 11) is -1.62. The number of methoxy groups -OCH3 is 1. The van der Waals surface area contributed by atoms with Crippen molar-refractivity contribution in [2.24, 2.45) is 0 Å². The number of non-ortho nitro benzene ring substituents is 1. The minimum absolute atomic E-state index is 0.0601. The van der Waals surface area contributed by atoms with Gasteiger partial charge in [0.25, 0.3) is 11.6 Å². The summed E-state index contributed by atoms with van der Waals surface area (Å²) in [5.74, 6) is -0.344. The van der Waals surface area contributed by atoms with E-state index in [1.165, 1.54) is 36.3 Å². The lowest BCUT2D eigenvalue weighted by Crippen LogP contribution is -2.43. The highest BCUT2D eigenvalue weighted by molar-refractivity contribution is 7.91. The smallest absolute Gasteiger partial charge is 0.269 e. The highest BCUT2D eigenvalue weighted by Gasteiger charge is 2.34. The quantitative estimate of drug-likeness (QED) is 0.561. The van der Waals surface area contributed by atoms with Gasteiger partial charge in [0.2, 0.25) is 0 Å². The number of rotatable bonds is 6. The minimum atomic E-state index is -3.12. The van der Waals surface area contributed by atoms with Crippen LogP contribution in [0.1, 0.15) is 16.8 Å². The zero-order valence-electron chi connectivity index (χ0n) is 12.7. The molecule has 0 saturated carbocycles. The van der Waals surface area contributed by atoms with Crippen LogP contribution in [-0.4, -0.2) is 62.0 Å². The SMILES string of the molecule is COCCN(C(=O)c1ccc([N+](=O)[O-])cc1)C1CCS(=O)(=O)C1. The molecule has 23 heavy (non-hydrogen) atoms. The predicted octanol–water partition coefficient (Wildman–Crippen LogP) is 0.870. The van der Waals surface area contributed by atoms with Crippen molar-refractivity contribution < 1.29 is 22.9 Å². The normalized spacial score (nSPS) is 19.4. The van der Waals surface area contributed by atoms with Crippen LogP contribution in [-0.2, 0) is 14.6 Å². The van der Waals surface area contributed by atoms with Crippen molar-refractivity contribution >= 4 is 21.4 Å². The minimum Gasteiger partial charge on any atom is -0.383 e. The van der Waals surface area contributed by atoms with Gasteiger partial charge in [-0.05, 0) is 18.6 Å². The second-order valence-electron chi connectivity index (χ2n) is 5.35. The monoisotopic (exact) mass is 342 g/mol. The Morgan fingerprint density at radius 3 is 2.52 bits per heavy atom. The Morgan fingerprint density at radius 2 is 2.04 bits per heavy atom. The van der Waals surface area contributed by atoms with Gasteiger partial charge in [-0.2, -0.15) is 0 Å². The summed E-state index contributed by atoms with van der Waals surface area (Å²) in [5.41, 5.74) is 0.185. The lowest BCUT2D eigenvalue weighted by atomic mass is 10.1. The number of amides is 1. The molecule has 0 aliphatic carbocycles. The molecule has 1 heterocycles. The van der Waals surface area contributed by atoms with Gasteiger partial charge in [-0.1, -0.05) is 0 Å². The molecule has 1 aliphatic heterocycles. The molecule has 8 nitrogen and oxygen atoms in total. The number of nitro benzene ring substituents is 1. The molecule has 1 fully saturated rings. The van der Waals surface area contributed by atoms with E-state index in [0.29, 0.717) is 6.42 Å². The zero-order chi connectivity index (χ0) is 17.0. The third kappa shape index (κ3) is 4.26. The average Bonchev–Trinajstić information content (AvgIpc) is 2.87. The number of hydrogen-bond acceptors (Lipinski definition) is 6. The highest BCUT2D eigenvalue weighted by Crippen LogP contribution is 2.21. The Morgan fingerprint density at radius 1 is 1.39 bits per heavy atom. The standard InChI is InChI=1S/C14H18N2O6S/c1-22-8-7-15(13-6-9-23(20,21)10-13)14(17)11-2-4-12(5-3-11)16(18)19/h2-5,13H,6-10H2,1H3. The van der Waals surface area contributed by atoms with Gasteiger partial charge in [0.1, 0.15) is 0 Å². The van der Waals surface area contributed by atoms with E-state index in [1.54, 1.807) is 0 Å². The summed E-state index contributed by atoms with van der Waals surface area (Å²) in [6.07, 6.45) is 0.394. The fraction of sp³-hybridized carbons (Fsp3) is 0.500. The number of ether oxygens (including phenoxy) is 1. The molecule has 1 aromatic rings. The Kier molecular flexibility index (Phi) is 5.32. The lowest BCUT2D eigenvalue weighted by molar-refractivity contribution is -0.384. The predicted molar refractivity (Wildman–Crippen MR) is 83.1 cm³/mol.